The van der Waals surface area contributed by atoms with Crippen LogP contribution in [0.25, 0.3) is 0 Å². The third-order valence-electron chi connectivity index (χ3n) is 4.02. The van der Waals surface area contributed by atoms with E-state index in [4.69, 9.17) is 10.8 Å². The Hall–Kier alpha value is -1.40. The van der Waals surface area contributed by atoms with Gasteiger partial charge in [0, 0.05) is 19.1 Å². The predicted molar refractivity (Wildman–Crippen MR) is 76.1 cm³/mol. The van der Waals surface area contributed by atoms with Crippen LogP contribution in [0, 0.1) is 5.82 Å². The van der Waals surface area contributed by atoms with Crippen molar-refractivity contribution in [3.63, 3.8) is 0 Å². The zero-order chi connectivity index (χ0) is 15.7. The van der Waals surface area contributed by atoms with Gasteiger partial charge in [-0.05, 0) is 18.6 Å². The van der Waals surface area contributed by atoms with E-state index in [9.17, 15) is 8.78 Å². The second-order valence-corrected chi connectivity index (χ2v) is 5.40. The van der Waals surface area contributed by atoms with Gasteiger partial charge < -0.3 is 14.8 Å². The van der Waals surface area contributed by atoms with E-state index >= 15 is 0 Å². The van der Waals surface area contributed by atoms with Gasteiger partial charge in [-0.15, -0.1) is 0 Å². The third kappa shape index (κ3) is 2.96. The van der Waals surface area contributed by atoms with Gasteiger partial charge in [0.25, 0.3) is 0 Å². The molecule has 1 N–H and O–H groups in total. The topological polar surface area (TPSA) is 33.7 Å². The molecule has 21 heavy (non-hydrogen) atoms. The number of hydrogen-bond donors (Lipinski definition) is 1. The van der Waals surface area contributed by atoms with Gasteiger partial charge in [0.2, 0.25) is 0 Å². The molecule has 0 amide bonds. The number of halogens is 2. The first-order valence-corrected chi connectivity index (χ1v) is 7.08. The molecular formula is C15H20F2N2O2. The Kier molecular flexibility index (Phi) is 3.89. The predicted octanol–water partition coefficient (Wildman–Crippen LogP) is 2.06. The summed E-state index contributed by atoms with van der Waals surface area (Å²) in [5.41, 5.74) is 0.325. The van der Waals surface area contributed by atoms with Crippen LogP contribution in [0.3, 0.4) is 0 Å². The average Bonchev–Trinajstić information content (AvgIpc) is 2.85. The number of methoxy groups -OCH3 is 1. The minimum atomic E-state index is -0.954. The van der Waals surface area contributed by atoms with Crippen molar-refractivity contribution in [3.05, 3.63) is 24.0 Å². The number of alkyl halides is 1. The highest BCUT2D eigenvalue weighted by atomic mass is 19.1. The van der Waals surface area contributed by atoms with Crippen LogP contribution in [0.1, 0.15) is 7.79 Å². The first-order valence-electron chi connectivity index (χ1n) is 7.58. The van der Waals surface area contributed by atoms with Gasteiger partial charge in [-0.3, -0.25) is 4.90 Å². The van der Waals surface area contributed by atoms with Crippen LogP contribution in [0.15, 0.2) is 18.2 Å². The molecule has 2 atom stereocenters. The molecule has 2 fully saturated rings. The summed E-state index contributed by atoms with van der Waals surface area (Å²) < 4.78 is 46.2. The summed E-state index contributed by atoms with van der Waals surface area (Å²) in [7, 11) is 1.41. The zero-order valence-corrected chi connectivity index (χ0v) is 11.9. The van der Waals surface area contributed by atoms with E-state index in [0.717, 1.165) is 0 Å². The van der Waals surface area contributed by atoms with Crippen LogP contribution >= 0.6 is 0 Å². The van der Waals surface area contributed by atoms with Gasteiger partial charge in [-0.2, -0.15) is 0 Å². The van der Waals surface area contributed by atoms with E-state index in [2.05, 4.69) is 5.32 Å². The number of rotatable bonds is 5. The standard InChI is InChI=1S/C15H20F2N2O2/c1-20-14-4-2-3-13(15(14)17)18-6-11-5-10(16)7-19(11)12-8-21-9-12/h2-4,10-12,18H,5-9H2,1H3/t10-,11+/m1/s1/i12D. The summed E-state index contributed by atoms with van der Waals surface area (Å²) in [5.74, 6) is -0.292. The summed E-state index contributed by atoms with van der Waals surface area (Å²) in [6.45, 7) is 1.21. The van der Waals surface area contributed by atoms with E-state index in [1.54, 1.807) is 18.2 Å². The fraction of sp³-hybridized carbons (Fsp3) is 0.600. The van der Waals surface area contributed by atoms with Crippen molar-refractivity contribution in [1.29, 1.82) is 0 Å². The number of likely N-dealkylation sites (tertiary alicyclic amines) is 1. The molecule has 2 aliphatic heterocycles. The Labute approximate surface area is 124 Å². The number of anilines is 1. The van der Waals surface area contributed by atoms with E-state index in [1.165, 1.54) is 7.11 Å². The van der Waals surface area contributed by atoms with Crippen LogP contribution in [-0.2, 0) is 4.74 Å². The summed E-state index contributed by atoms with van der Waals surface area (Å²) in [6, 6.07) is 3.86. The zero-order valence-electron chi connectivity index (χ0n) is 12.9. The Bertz CT molecular complexity index is 542. The Balaban J connectivity index is 1.67. The molecule has 0 bridgehead atoms. The minimum absolute atomic E-state index is 0.151. The molecule has 1 aromatic carbocycles. The van der Waals surface area contributed by atoms with Crippen molar-refractivity contribution >= 4 is 5.69 Å². The van der Waals surface area contributed by atoms with Crippen LogP contribution in [0.4, 0.5) is 14.5 Å². The quantitative estimate of drug-likeness (QED) is 0.902. The molecule has 0 unspecified atom stereocenters. The Morgan fingerprint density at radius 3 is 3.00 bits per heavy atom. The fourth-order valence-corrected chi connectivity index (χ4v) is 2.83. The van der Waals surface area contributed by atoms with Gasteiger partial charge in [-0.1, -0.05) is 6.07 Å². The molecule has 116 valence electrons. The third-order valence-corrected chi connectivity index (χ3v) is 4.02. The number of benzene rings is 1. The average molecular weight is 299 g/mol. The maximum Gasteiger partial charge on any atom is 0.188 e. The summed E-state index contributed by atoms with van der Waals surface area (Å²) in [4.78, 5) is 1.83. The molecule has 3 rings (SSSR count). The van der Waals surface area contributed by atoms with E-state index < -0.39 is 18.0 Å². The van der Waals surface area contributed by atoms with Crippen molar-refractivity contribution in [2.45, 2.75) is 24.7 Å². The van der Waals surface area contributed by atoms with Gasteiger partial charge in [0.15, 0.2) is 11.6 Å². The maximum absolute atomic E-state index is 14.1. The molecule has 0 aliphatic carbocycles. The molecular weight excluding hydrogens is 278 g/mol. The molecule has 4 nitrogen and oxygen atoms in total. The number of nitrogens with zero attached hydrogens (tertiary/aromatic N) is 1. The van der Waals surface area contributed by atoms with Crippen LogP contribution in [0.2, 0.25) is 0 Å². The lowest BCUT2D eigenvalue weighted by atomic mass is 10.1. The largest absolute Gasteiger partial charge is 0.494 e. The van der Waals surface area contributed by atoms with Crippen LogP contribution < -0.4 is 10.1 Å². The Morgan fingerprint density at radius 1 is 1.52 bits per heavy atom. The van der Waals surface area contributed by atoms with E-state index in [-0.39, 0.29) is 18.3 Å². The second kappa shape index (κ2) is 6.15. The van der Waals surface area contributed by atoms with Crippen molar-refractivity contribution in [1.82, 2.24) is 4.90 Å². The summed E-state index contributed by atoms with van der Waals surface area (Å²) >= 11 is 0. The lowest BCUT2D eigenvalue weighted by Gasteiger charge is -2.38. The molecule has 0 spiro atoms. The first kappa shape index (κ1) is 13.3. The monoisotopic (exact) mass is 299 g/mol. The molecule has 0 radical (unpaired) electrons. The van der Waals surface area contributed by atoms with E-state index in [0.29, 0.717) is 31.9 Å². The van der Waals surface area contributed by atoms with Crippen molar-refractivity contribution in [2.75, 3.05) is 38.7 Å². The second-order valence-electron chi connectivity index (χ2n) is 5.40. The van der Waals surface area contributed by atoms with Gasteiger partial charge in [0.1, 0.15) is 6.17 Å². The van der Waals surface area contributed by atoms with Crippen molar-refractivity contribution in [2.24, 2.45) is 0 Å². The van der Waals surface area contributed by atoms with Crippen LogP contribution in [-0.4, -0.2) is 56.5 Å². The van der Waals surface area contributed by atoms with Gasteiger partial charge >= 0.3 is 0 Å². The molecule has 2 heterocycles. The van der Waals surface area contributed by atoms with Crippen LogP contribution in [0.5, 0.6) is 5.75 Å². The maximum atomic E-state index is 14.1. The Morgan fingerprint density at radius 2 is 2.33 bits per heavy atom. The molecule has 0 saturated carbocycles. The lowest BCUT2D eigenvalue weighted by Crippen LogP contribution is -2.52. The smallest absolute Gasteiger partial charge is 0.188 e. The first-order chi connectivity index (χ1) is 10.5. The highest BCUT2D eigenvalue weighted by molar-refractivity contribution is 5.50. The summed E-state index contributed by atoms with van der Waals surface area (Å²) in [6.07, 6.45) is -0.607. The number of ether oxygens (including phenoxy) is 2. The molecule has 2 saturated heterocycles. The molecule has 2 aliphatic rings. The number of nitrogens with one attached hydrogen (secondary N) is 1. The summed E-state index contributed by atoms with van der Waals surface area (Å²) in [5, 5.41) is 3.01. The highest BCUT2D eigenvalue weighted by Crippen LogP contribution is 2.28. The van der Waals surface area contributed by atoms with Gasteiger partial charge in [0.05, 0.1) is 33.4 Å². The fourth-order valence-electron chi connectivity index (χ4n) is 2.83. The van der Waals surface area contributed by atoms with E-state index in [1.807, 2.05) is 4.90 Å². The number of hydrogen-bond acceptors (Lipinski definition) is 4. The minimum Gasteiger partial charge on any atom is -0.494 e. The van der Waals surface area contributed by atoms with Crippen molar-refractivity contribution in [3.8, 4) is 5.75 Å². The molecule has 6 heteroatoms. The molecule has 0 aromatic heterocycles. The highest BCUT2D eigenvalue weighted by Gasteiger charge is 2.39. The normalized spacial score (nSPS) is 28.8. The molecule has 1 aromatic rings. The SMILES string of the molecule is [2H]C1(N2C[C@H](F)C[C@H]2CNc2cccc(OC)c2F)COC1. The lowest BCUT2D eigenvalue weighted by molar-refractivity contribution is -0.0688. The van der Waals surface area contributed by atoms with Crippen molar-refractivity contribution < 1.29 is 19.6 Å². The van der Waals surface area contributed by atoms with Gasteiger partial charge in [-0.25, -0.2) is 8.78 Å².